The Hall–Kier alpha value is -2.98. The van der Waals surface area contributed by atoms with Gasteiger partial charge in [-0.25, -0.2) is 21.8 Å². The Kier molecular flexibility index (Phi) is 6.76. The van der Waals surface area contributed by atoms with Gasteiger partial charge in [-0.2, -0.15) is 4.31 Å². The number of nitrogens with zero attached hydrogens (tertiary/aromatic N) is 3. The highest BCUT2D eigenvalue weighted by Crippen LogP contribution is 2.27. The second-order valence-corrected chi connectivity index (χ2v) is 13.7. The summed E-state index contributed by atoms with van der Waals surface area (Å²) < 4.78 is 57.4. The first-order chi connectivity index (χ1) is 17.9. The van der Waals surface area contributed by atoms with Crippen LogP contribution >= 0.6 is 11.6 Å². The van der Waals surface area contributed by atoms with Crippen LogP contribution in [0, 0.1) is 0 Å². The number of hydrogen-bond acceptors (Lipinski definition) is 9. The first kappa shape index (κ1) is 26.6. The van der Waals surface area contributed by atoms with E-state index in [1.54, 1.807) is 18.2 Å². The third kappa shape index (κ3) is 4.80. The number of H-pyrrole nitrogens is 1. The van der Waals surface area contributed by atoms with Crippen LogP contribution in [-0.2, 0) is 37.6 Å². The molecule has 0 bridgehead atoms. The van der Waals surface area contributed by atoms with Crippen molar-refractivity contribution < 1.29 is 30.8 Å². The average Bonchev–Trinajstić information content (AvgIpc) is 3.50. The van der Waals surface area contributed by atoms with Crippen LogP contribution in [0.1, 0.15) is 22.1 Å². The Morgan fingerprint density at radius 3 is 2.66 bits per heavy atom. The number of sulfone groups is 1. The topological polar surface area (TPSA) is 175 Å². The maximum absolute atomic E-state index is 13.4. The summed E-state index contributed by atoms with van der Waals surface area (Å²) in [5.41, 5.74) is 0.934. The van der Waals surface area contributed by atoms with Crippen molar-refractivity contribution in [2.24, 2.45) is 0 Å². The maximum atomic E-state index is 13.4. The Labute approximate surface area is 223 Å². The Bertz CT molecular complexity index is 1650. The van der Waals surface area contributed by atoms with Crippen molar-refractivity contribution >= 4 is 54.2 Å². The first-order valence-electron chi connectivity index (χ1n) is 11.6. The van der Waals surface area contributed by atoms with Gasteiger partial charge in [0.05, 0.1) is 12.2 Å². The fraction of sp³-hybridized carbons (Fsp3) is 0.409. The minimum absolute atomic E-state index is 0.0333. The van der Waals surface area contributed by atoms with Gasteiger partial charge in [0, 0.05) is 55.3 Å². The van der Waals surface area contributed by atoms with E-state index in [0.717, 1.165) is 10.6 Å². The number of benzene rings is 1. The monoisotopic (exact) mass is 584 g/mol. The van der Waals surface area contributed by atoms with E-state index in [0.29, 0.717) is 27.4 Å². The third-order valence-electron chi connectivity index (χ3n) is 6.68. The molecule has 38 heavy (non-hydrogen) atoms. The van der Waals surface area contributed by atoms with Crippen molar-refractivity contribution in [2.75, 3.05) is 32.9 Å². The minimum atomic E-state index is -4.04. The van der Waals surface area contributed by atoms with E-state index in [4.69, 9.17) is 16.0 Å². The normalized spacial score (nSPS) is 20.9. The van der Waals surface area contributed by atoms with Gasteiger partial charge in [0.15, 0.2) is 9.84 Å². The maximum Gasteiger partial charge on any atom is 0.310 e. The zero-order valence-corrected chi connectivity index (χ0v) is 22.8. The molecule has 3 N–H and O–H groups in total. The Morgan fingerprint density at radius 2 is 1.95 bits per heavy atom. The molecular weight excluding hydrogens is 560 g/mol. The highest BCUT2D eigenvalue weighted by Gasteiger charge is 2.42. The molecule has 204 valence electrons. The number of hydrogen-bond donors (Lipinski definition) is 3. The lowest BCUT2D eigenvalue weighted by Crippen LogP contribution is -2.61. The molecule has 2 aliphatic heterocycles. The SMILES string of the molecule is CNC(=O)C1CN(S(=O)(=O)c2cc3cc(Cl)ccc3[nH]2)CCN1C(=O)c1nc2c(o1)CNC(S(C)(=O)=O)C2. The van der Waals surface area contributed by atoms with Crippen LogP contribution in [0.3, 0.4) is 0 Å². The molecule has 16 heteroatoms. The molecule has 1 fully saturated rings. The van der Waals surface area contributed by atoms with Gasteiger partial charge in [0.25, 0.3) is 15.9 Å². The number of nitrogens with one attached hydrogen (secondary N) is 3. The number of carbonyl (C=O) groups excluding carboxylic acids is 2. The molecule has 0 radical (unpaired) electrons. The van der Waals surface area contributed by atoms with E-state index in [-0.39, 0.29) is 43.5 Å². The lowest BCUT2D eigenvalue weighted by Gasteiger charge is -2.38. The van der Waals surface area contributed by atoms with Crippen molar-refractivity contribution in [2.45, 2.75) is 29.4 Å². The number of sulfonamides is 1. The second kappa shape index (κ2) is 9.64. The molecule has 2 atom stereocenters. The molecule has 0 spiro atoms. The third-order valence-corrected chi connectivity index (χ3v) is 10.1. The van der Waals surface area contributed by atoms with Crippen molar-refractivity contribution in [3.8, 4) is 0 Å². The zero-order chi connectivity index (χ0) is 27.4. The van der Waals surface area contributed by atoms with Crippen molar-refractivity contribution in [1.29, 1.82) is 0 Å². The van der Waals surface area contributed by atoms with Gasteiger partial charge in [0.2, 0.25) is 5.91 Å². The van der Waals surface area contributed by atoms with Crippen LogP contribution in [0.15, 0.2) is 33.7 Å². The molecular formula is C22H25ClN6O7S2. The van der Waals surface area contributed by atoms with E-state index < -0.39 is 43.1 Å². The molecule has 2 aliphatic rings. The Balaban J connectivity index is 1.39. The van der Waals surface area contributed by atoms with Gasteiger partial charge in [-0.3, -0.25) is 14.9 Å². The smallest absolute Gasteiger partial charge is 0.310 e. The van der Waals surface area contributed by atoms with E-state index in [1.165, 1.54) is 18.0 Å². The average molecular weight is 585 g/mol. The molecule has 0 aliphatic carbocycles. The molecule has 4 heterocycles. The van der Waals surface area contributed by atoms with Gasteiger partial charge in [-0.15, -0.1) is 0 Å². The predicted octanol–water partition coefficient (Wildman–Crippen LogP) is 0.0870. The molecule has 2 amide bonds. The van der Waals surface area contributed by atoms with Crippen molar-refractivity contribution in [3.63, 3.8) is 0 Å². The van der Waals surface area contributed by atoms with Crippen molar-refractivity contribution in [3.05, 3.63) is 46.6 Å². The van der Waals surface area contributed by atoms with E-state index in [1.807, 2.05) is 0 Å². The van der Waals surface area contributed by atoms with Crippen LogP contribution < -0.4 is 10.6 Å². The summed E-state index contributed by atoms with van der Waals surface area (Å²) in [6.45, 7) is -0.384. The number of piperazine rings is 1. The summed E-state index contributed by atoms with van der Waals surface area (Å²) >= 11 is 6.02. The first-order valence-corrected chi connectivity index (χ1v) is 15.4. The number of oxazole rings is 1. The molecule has 13 nitrogen and oxygen atoms in total. The number of carbonyl (C=O) groups is 2. The quantitative estimate of drug-likeness (QED) is 0.375. The molecule has 2 unspecified atom stereocenters. The van der Waals surface area contributed by atoms with Crippen LogP contribution in [0.5, 0.6) is 0 Å². The lowest BCUT2D eigenvalue weighted by atomic mass is 10.1. The molecule has 1 saturated heterocycles. The molecule has 1 aromatic carbocycles. The van der Waals surface area contributed by atoms with Crippen LogP contribution in [0.2, 0.25) is 5.02 Å². The summed E-state index contributed by atoms with van der Waals surface area (Å²) in [6.07, 6.45) is 1.14. The highest BCUT2D eigenvalue weighted by molar-refractivity contribution is 7.91. The summed E-state index contributed by atoms with van der Waals surface area (Å²) in [4.78, 5) is 34.4. The van der Waals surface area contributed by atoms with Gasteiger partial charge < -0.3 is 19.6 Å². The Morgan fingerprint density at radius 1 is 1.18 bits per heavy atom. The van der Waals surface area contributed by atoms with Gasteiger partial charge in [-0.05, 0) is 24.3 Å². The van der Waals surface area contributed by atoms with Crippen molar-refractivity contribution in [1.82, 2.24) is 29.8 Å². The lowest BCUT2D eigenvalue weighted by molar-refractivity contribution is -0.126. The number of halogens is 1. The predicted molar refractivity (Wildman–Crippen MR) is 137 cm³/mol. The minimum Gasteiger partial charge on any atom is -0.436 e. The van der Waals surface area contributed by atoms with E-state index in [9.17, 15) is 26.4 Å². The number of amides is 2. The molecule has 0 saturated carbocycles. The highest BCUT2D eigenvalue weighted by atomic mass is 35.5. The largest absolute Gasteiger partial charge is 0.436 e. The molecule has 2 aromatic heterocycles. The summed E-state index contributed by atoms with van der Waals surface area (Å²) in [7, 11) is -6.04. The van der Waals surface area contributed by atoms with E-state index >= 15 is 0 Å². The van der Waals surface area contributed by atoms with Gasteiger partial charge in [0.1, 0.15) is 22.2 Å². The number of likely N-dealkylation sites (N-methyl/N-ethyl adjacent to an activating group) is 1. The van der Waals surface area contributed by atoms with Gasteiger partial charge >= 0.3 is 5.91 Å². The standard InChI is InChI=1S/C22H25ClN6O7S2/c1-24-20(30)16-11-28(38(34,35)19-8-12-7-13(23)3-4-14(12)26-19)5-6-29(16)22(31)21-27-15-9-18(37(2,32)33)25-10-17(15)36-21/h3-4,7-8,16,18,25-26H,5-6,9-11H2,1-2H3,(H,24,30). The van der Waals surface area contributed by atoms with Crippen LogP contribution in [0.4, 0.5) is 0 Å². The summed E-state index contributed by atoms with van der Waals surface area (Å²) in [5.74, 6) is -1.20. The second-order valence-electron chi connectivity index (χ2n) is 9.15. The number of fused-ring (bicyclic) bond motifs is 2. The van der Waals surface area contributed by atoms with Crippen LogP contribution in [0.25, 0.3) is 10.9 Å². The number of rotatable bonds is 5. The van der Waals surface area contributed by atoms with Crippen LogP contribution in [-0.4, -0.2) is 92.2 Å². The number of aromatic nitrogens is 2. The fourth-order valence-electron chi connectivity index (χ4n) is 4.62. The molecule has 3 aromatic rings. The number of aromatic amines is 1. The summed E-state index contributed by atoms with van der Waals surface area (Å²) in [6, 6.07) is 5.27. The van der Waals surface area contributed by atoms with Gasteiger partial charge in [-0.1, -0.05) is 11.6 Å². The zero-order valence-electron chi connectivity index (χ0n) is 20.4. The fourth-order valence-corrected chi connectivity index (χ4v) is 7.10. The molecule has 5 rings (SSSR count). The van der Waals surface area contributed by atoms with E-state index in [2.05, 4.69) is 20.6 Å². The summed E-state index contributed by atoms with van der Waals surface area (Å²) in [5, 5.41) is 5.49.